The smallest absolute Gasteiger partial charge is 0.407 e. The van der Waals surface area contributed by atoms with Crippen LogP contribution in [0.5, 0.6) is 0 Å². The highest BCUT2D eigenvalue weighted by atomic mass is 16.5. The summed E-state index contributed by atoms with van der Waals surface area (Å²) in [6.07, 6.45) is 5.32. The lowest BCUT2D eigenvalue weighted by Gasteiger charge is -2.26. The van der Waals surface area contributed by atoms with Gasteiger partial charge in [0.25, 0.3) is 0 Å². The minimum Gasteiger partial charge on any atom is -0.463 e. The van der Waals surface area contributed by atoms with Crippen molar-refractivity contribution in [1.29, 1.82) is 0 Å². The first-order chi connectivity index (χ1) is 21.9. The fourth-order valence-electron chi connectivity index (χ4n) is 4.52. The number of benzene rings is 2. The van der Waals surface area contributed by atoms with Gasteiger partial charge in [-0.05, 0) is 43.2 Å². The molecule has 10 nitrogen and oxygen atoms in total. The number of ether oxygens (including phenoxy) is 2. The maximum atomic E-state index is 13.4. The van der Waals surface area contributed by atoms with Crippen molar-refractivity contribution < 1.29 is 33.8 Å². The molecule has 3 amide bonds. The lowest BCUT2D eigenvalue weighted by atomic mass is 9.98. The van der Waals surface area contributed by atoms with Crippen LogP contribution in [0.3, 0.4) is 0 Å². The molecule has 2 aromatic rings. The Morgan fingerprint density at radius 1 is 0.911 bits per heavy atom. The van der Waals surface area contributed by atoms with Crippen LogP contribution < -0.4 is 10.6 Å². The summed E-state index contributed by atoms with van der Waals surface area (Å²) in [5.41, 5.74) is 1.81. The zero-order valence-electron chi connectivity index (χ0n) is 26.0. The van der Waals surface area contributed by atoms with Crippen molar-refractivity contribution in [3.05, 3.63) is 97.1 Å². The first-order valence-corrected chi connectivity index (χ1v) is 15.4. The zero-order chi connectivity index (χ0) is 32.7. The highest BCUT2D eigenvalue weighted by molar-refractivity contribution is 5.86. The number of carbonyl (C=O) groups is 4. The average molecular weight is 622 g/mol. The molecule has 2 aromatic carbocycles. The fourth-order valence-corrected chi connectivity index (χ4v) is 4.52. The summed E-state index contributed by atoms with van der Waals surface area (Å²) in [5.74, 6) is -1.68. The van der Waals surface area contributed by atoms with E-state index in [1.807, 2.05) is 60.7 Å². The molecule has 0 aliphatic carbocycles. The Hall–Kier alpha value is -4.44. The van der Waals surface area contributed by atoms with Crippen LogP contribution in [0.25, 0.3) is 0 Å². The van der Waals surface area contributed by atoms with E-state index >= 15 is 0 Å². The van der Waals surface area contributed by atoms with Gasteiger partial charge in [0.2, 0.25) is 11.8 Å². The summed E-state index contributed by atoms with van der Waals surface area (Å²) >= 11 is 0. The Bertz CT molecular complexity index is 1190. The molecule has 45 heavy (non-hydrogen) atoms. The summed E-state index contributed by atoms with van der Waals surface area (Å²) in [6, 6.07) is 18.3. The zero-order valence-corrected chi connectivity index (χ0v) is 26.0. The molecule has 2 rings (SSSR count). The monoisotopic (exact) mass is 621 g/mol. The molecular formula is C35H47N3O7. The number of nitrogens with one attached hydrogen (secondary N) is 2. The van der Waals surface area contributed by atoms with Crippen LogP contribution in [-0.2, 0) is 37.0 Å². The molecule has 0 saturated carbocycles. The number of allylic oxidation sites excluding steroid dienone is 2. The number of aliphatic hydroxyl groups excluding tert-OH is 1. The van der Waals surface area contributed by atoms with Crippen molar-refractivity contribution in [2.75, 3.05) is 26.3 Å². The predicted molar refractivity (Wildman–Crippen MR) is 173 cm³/mol. The van der Waals surface area contributed by atoms with E-state index in [1.165, 1.54) is 4.90 Å². The van der Waals surface area contributed by atoms with Gasteiger partial charge in [-0.15, -0.1) is 13.2 Å². The second-order valence-corrected chi connectivity index (χ2v) is 10.7. The van der Waals surface area contributed by atoms with E-state index in [9.17, 15) is 24.3 Å². The number of hydrogen-bond donors (Lipinski definition) is 3. The van der Waals surface area contributed by atoms with Crippen molar-refractivity contribution >= 4 is 23.9 Å². The molecule has 0 bridgehead atoms. The quantitative estimate of drug-likeness (QED) is 0.0988. The standard InChI is InChI=1S/C35H47N3O7/c1-3-5-20-33(41)44-27-31(19-12-13-21-36-35(43)45-26-29-17-10-7-11-18-29)37-34(42)30(14-4-2)24-32(40)38(22-23-39)25-28-15-8-6-9-16-28/h3-4,6-11,15-18,30-31,39H,1-2,5,12-14,19-27H2,(H,36,43)(H,37,42)/t30-,31-/m0/s1. The summed E-state index contributed by atoms with van der Waals surface area (Å²) in [5, 5.41) is 15.2. The third-order valence-electron chi connectivity index (χ3n) is 6.99. The van der Waals surface area contributed by atoms with E-state index in [4.69, 9.17) is 9.47 Å². The minimum absolute atomic E-state index is 0.0202. The molecule has 0 aromatic heterocycles. The van der Waals surface area contributed by atoms with E-state index in [1.54, 1.807) is 12.2 Å². The largest absolute Gasteiger partial charge is 0.463 e. The van der Waals surface area contributed by atoms with Crippen molar-refractivity contribution in [1.82, 2.24) is 15.5 Å². The molecule has 2 atom stereocenters. The first-order valence-electron chi connectivity index (χ1n) is 15.4. The second kappa shape index (κ2) is 22.1. The van der Waals surface area contributed by atoms with E-state index in [2.05, 4.69) is 23.8 Å². The molecule has 244 valence electrons. The topological polar surface area (TPSA) is 134 Å². The number of alkyl carbamates (subject to hydrolysis) is 1. The second-order valence-electron chi connectivity index (χ2n) is 10.7. The summed E-state index contributed by atoms with van der Waals surface area (Å²) in [7, 11) is 0. The van der Waals surface area contributed by atoms with Gasteiger partial charge in [-0.3, -0.25) is 14.4 Å². The van der Waals surface area contributed by atoms with Gasteiger partial charge in [0.05, 0.1) is 18.6 Å². The highest BCUT2D eigenvalue weighted by Gasteiger charge is 2.26. The van der Waals surface area contributed by atoms with Crippen LogP contribution in [0.4, 0.5) is 4.79 Å². The van der Waals surface area contributed by atoms with E-state index in [0.29, 0.717) is 38.8 Å². The number of amides is 3. The molecule has 0 heterocycles. The van der Waals surface area contributed by atoms with Gasteiger partial charge in [-0.2, -0.15) is 0 Å². The van der Waals surface area contributed by atoms with Gasteiger partial charge in [-0.1, -0.05) is 72.8 Å². The Balaban J connectivity index is 1.93. The predicted octanol–water partition coefficient (Wildman–Crippen LogP) is 4.68. The first kappa shape index (κ1) is 36.8. The van der Waals surface area contributed by atoms with Gasteiger partial charge < -0.3 is 30.1 Å². The minimum atomic E-state index is -0.688. The number of rotatable bonds is 22. The van der Waals surface area contributed by atoms with Gasteiger partial charge in [-0.25, -0.2) is 4.79 Å². The van der Waals surface area contributed by atoms with Crippen molar-refractivity contribution in [3.8, 4) is 0 Å². The van der Waals surface area contributed by atoms with Crippen LogP contribution in [0.15, 0.2) is 86.0 Å². The molecule has 0 unspecified atom stereocenters. The Morgan fingerprint density at radius 3 is 2.24 bits per heavy atom. The third-order valence-corrected chi connectivity index (χ3v) is 6.99. The summed E-state index contributed by atoms with van der Waals surface area (Å²) in [4.78, 5) is 52.3. The van der Waals surface area contributed by atoms with Crippen molar-refractivity contribution in [2.45, 2.75) is 64.1 Å². The molecule has 0 aliphatic rings. The molecule has 0 radical (unpaired) electrons. The lowest BCUT2D eigenvalue weighted by molar-refractivity contribution is -0.145. The maximum absolute atomic E-state index is 13.4. The van der Waals surface area contributed by atoms with Gasteiger partial charge in [0.1, 0.15) is 13.2 Å². The van der Waals surface area contributed by atoms with Gasteiger partial charge in [0.15, 0.2) is 0 Å². The van der Waals surface area contributed by atoms with Crippen LogP contribution in [0, 0.1) is 5.92 Å². The van der Waals surface area contributed by atoms with E-state index in [0.717, 1.165) is 11.1 Å². The molecule has 0 spiro atoms. The number of nitrogens with zero attached hydrogens (tertiary/aromatic N) is 1. The molecular weight excluding hydrogens is 574 g/mol. The SMILES string of the molecule is C=CCCC(=O)OC[C@H](CCCCNC(=O)OCc1ccccc1)NC(=O)[C@@H](CC=C)CC(=O)N(CCO)Cc1ccccc1. The molecule has 0 aliphatic heterocycles. The van der Waals surface area contributed by atoms with Gasteiger partial charge >= 0.3 is 12.1 Å². The third kappa shape index (κ3) is 15.7. The molecule has 10 heteroatoms. The normalized spacial score (nSPS) is 11.8. The van der Waals surface area contributed by atoms with Crippen LogP contribution in [0.1, 0.15) is 56.1 Å². The Morgan fingerprint density at radius 2 is 1.60 bits per heavy atom. The van der Waals surface area contributed by atoms with E-state index in [-0.39, 0.29) is 57.4 Å². The lowest BCUT2D eigenvalue weighted by Crippen LogP contribution is -2.44. The Labute approximate surface area is 266 Å². The summed E-state index contributed by atoms with van der Waals surface area (Å²) < 4.78 is 10.6. The van der Waals surface area contributed by atoms with Crippen LogP contribution in [-0.4, -0.2) is 66.2 Å². The average Bonchev–Trinajstić information content (AvgIpc) is 3.05. The number of aliphatic hydroxyl groups is 1. The van der Waals surface area contributed by atoms with Crippen molar-refractivity contribution in [3.63, 3.8) is 0 Å². The number of hydrogen-bond acceptors (Lipinski definition) is 7. The van der Waals surface area contributed by atoms with Crippen LogP contribution >= 0.6 is 0 Å². The number of carbonyl (C=O) groups excluding carboxylic acids is 4. The Kier molecular flexibility index (Phi) is 18.1. The van der Waals surface area contributed by atoms with E-state index < -0.39 is 24.0 Å². The number of unbranched alkanes of at least 4 members (excludes halogenated alkanes) is 1. The highest BCUT2D eigenvalue weighted by Crippen LogP contribution is 2.16. The maximum Gasteiger partial charge on any atom is 0.407 e. The number of esters is 1. The van der Waals surface area contributed by atoms with Crippen LogP contribution in [0.2, 0.25) is 0 Å². The molecule has 3 N–H and O–H groups in total. The fraction of sp³-hybridized carbons (Fsp3) is 0.429. The van der Waals surface area contributed by atoms with Crippen molar-refractivity contribution in [2.24, 2.45) is 5.92 Å². The summed E-state index contributed by atoms with van der Waals surface area (Å²) in [6.45, 7) is 8.17. The molecule has 0 saturated heterocycles. The van der Waals surface area contributed by atoms with Gasteiger partial charge in [0, 0.05) is 32.5 Å². The molecule has 0 fully saturated rings.